The Labute approximate surface area is 142 Å². The van der Waals surface area contributed by atoms with Crippen molar-refractivity contribution in [2.45, 2.75) is 13.3 Å². The van der Waals surface area contributed by atoms with E-state index in [1.54, 1.807) is 47.3 Å². The molecular weight excluding hydrogens is 326 g/mol. The predicted octanol–water partition coefficient (Wildman–Crippen LogP) is 2.38. The first-order chi connectivity index (χ1) is 12.1. The molecule has 4 rings (SSSR count). The maximum Gasteiger partial charge on any atom is 0.404 e. The summed E-state index contributed by atoms with van der Waals surface area (Å²) in [4.78, 5) is 12.4. The zero-order valence-electron chi connectivity index (χ0n) is 13.2. The van der Waals surface area contributed by atoms with Crippen molar-refractivity contribution in [3.63, 3.8) is 0 Å². The third-order valence-electron chi connectivity index (χ3n) is 4.15. The van der Waals surface area contributed by atoms with E-state index in [9.17, 15) is 13.6 Å². The zero-order valence-corrected chi connectivity index (χ0v) is 13.2. The molecule has 4 nitrogen and oxygen atoms in total. The van der Waals surface area contributed by atoms with Gasteiger partial charge in [-0.2, -0.15) is 0 Å². The first-order valence-electron chi connectivity index (χ1n) is 7.76. The monoisotopic (exact) mass is 340 g/mol. The number of aromatic nitrogens is 2. The number of hydrogen-bond donors (Lipinski definition) is 0. The summed E-state index contributed by atoms with van der Waals surface area (Å²) in [6, 6.07) is 12.6. The third kappa shape index (κ3) is 2.76. The molecule has 2 aromatic heterocycles. The van der Waals surface area contributed by atoms with Crippen LogP contribution in [0.15, 0.2) is 60.9 Å². The standard InChI is InChI=1S/C19H14F2N2O2/c20-14-9-13-11-25-19(24)17-6-2-4-8-23(17)12-22-7-3-1-5-16(22)18(13)15(21)10-14/h1-10H,11-12H2/q+2. The molecule has 0 N–H and O–H groups in total. The largest absolute Gasteiger partial charge is 0.453 e. The lowest BCUT2D eigenvalue weighted by Crippen LogP contribution is -2.55. The zero-order chi connectivity index (χ0) is 17.4. The van der Waals surface area contributed by atoms with Crippen LogP contribution in [0.2, 0.25) is 0 Å². The van der Waals surface area contributed by atoms with Gasteiger partial charge >= 0.3 is 12.6 Å². The lowest BCUT2D eigenvalue weighted by atomic mass is 10.0. The van der Waals surface area contributed by atoms with Crippen LogP contribution in [0.25, 0.3) is 11.3 Å². The minimum atomic E-state index is -0.707. The number of hydrogen-bond acceptors (Lipinski definition) is 2. The van der Waals surface area contributed by atoms with Crippen LogP contribution in [0.1, 0.15) is 16.1 Å². The normalized spacial score (nSPS) is 13.3. The van der Waals surface area contributed by atoms with Crippen molar-refractivity contribution in [1.82, 2.24) is 0 Å². The minimum absolute atomic E-state index is 0.216. The Hall–Kier alpha value is -3.15. The summed E-state index contributed by atoms with van der Waals surface area (Å²) in [6.45, 7) is 0.0737. The highest BCUT2D eigenvalue weighted by Crippen LogP contribution is 2.27. The van der Waals surface area contributed by atoms with Crippen LogP contribution in [0.5, 0.6) is 0 Å². The Morgan fingerprint density at radius 2 is 1.60 bits per heavy atom. The molecule has 25 heavy (non-hydrogen) atoms. The fraction of sp³-hybridized carbons (Fsp3) is 0.105. The topological polar surface area (TPSA) is 34.1 Å². The average molecular weight is 340 g/mol. The molecule has 0 bridgehead atoms. The number of nitrogens with zero attached hydrogens (tertiary/aromatic N) is 2. The van der Waals surface area contributed by atoms with Gasteiger partial charge in [-0.15, -0.1) is 9.13 Å². The number of carbonyl (C=O) groups excluding carboxylic acids is 1. The van der Waals surface area contributed by atoms with Gasteiger partial charge in [0.15, 0.2) is 12.4 Å². The van der Waals surface area contributed by atoms with Crippen molar-refractivity contribution < 1.29 is 27.4 Å². The van der Waals surface area contributed by atoms with Crippen molar-refractivity contribution in [2.75, 3.05) is 0 Å². The van der Waals surface area contributed by atoms with Gasteiger partial charge in [-0.1, -0.05) is 0 Å². The molecule has 0 spiro atoms. The molecule has 3 aromatic rings. The Morgan fingerprint density at radius 1 is 0.920 bits per heavy atom. The smallest absolute Gasteiger partial charge is 0.404 e. The number of fused-ring (bicyclic) bond motifs is 4. The van der Waals surface area contributed by atoms with E-state index in [1.165, 1.54) is 6.07 Å². The van der Waals surface area contributed by atoms with Crippen molar-refractivity contribution >= 4 is 5.97 Å². The molecular formula is C19H14F2N2O2+2. The number of ether oxygens (including phenoxy) is 1. The highest BCUT2D eigenvalue weighted by Gasteiger charge is 2.29. The molecule has 1 aliphatic rings. The van der Waals surface area contributed by atoms with Gasteiger partial charge in [-0.05, 0) is 18.2 Å². The number of benzene rings is 1. The number of cyclic esters (lactones) is 1. The Morgan fingerprint density at radius 3 is 2.36 bits per heavy atom. The molecule has 0 atom stereocenters. The summed E-state index contributed by atoms with van der Waals surface area (Å²) < 4.78 is 37.1. The molecule has 1 aliphatic heterocycles. The van der Waals surface area contributed by atoms with E-state index in [4.69, 9.17) is 4.74 Å². The van der Waals surface area contributed by atoms with Gasteiger partial charge in [0.1, 0.15) is 18.2 Å². The highest BCUT2D eigenvalue weighted by molar-refractivity contribution is 5.85. The molecule has 124 valence electrons. The minimum Gasteiger partial charge on any atom is -0.453 e. The van der Waals surface area contributed by atoms with Crippen molar-refractivity contribution in [3.05, 3.63) is 83.8 Å². The SMILES string of the molecule is O=C1OCc2cc(F)cc(F)c2-c2cccc[n+]2C[n+]2ccccc21. The van der Waals surface area contributed by atoms with Crippen LogP contribution in [0.3, 0.4) is 0 Å². The van der Waals surface area contributed by atoms with Crippen molar-refractivity contribution in [2.24, 2.45) is 0 Å². The van der Waals surface area contributed by atoms with E-state index < -0.39 is 17.6 Å². The van der Waals surface area contributed by atoms with E-state index in [2.05, 4.69) is 0 Å². The van der Waals surface area contributed by atoms with Gasteiger partial charge in [0.25, 0.3) is 5.69 Å². The highest BCUT2D eigenvalue weighted by atomic mass is 19.1. The van der Waals surface area contributed by atoms with Crippen LogP contribution >= 0.6 is 0 Å². The molecule has 0 radical (unpaired) electrons. The van der Waals surface area contributed by atoms with Gasteiger partial charge in [-0.3, -0.25) is 0 Å². The van der Waals surface area contributed by atoms with Gasteiger partial charge in [0.2, 0.25) is 5.69 Å². The summed E-state index contributed by atoms with van der Waals surface area (Å²) in [5, 5.41) is 0. The molecule has 0 saturated carbocycles. The second-order valence-corrected chi connectivity index (χ2v) is 5.75. The molecule has 0 saturated heterocycles. The summed E-state index contributed by atoms with van der Waals surface area (Å²) in [6.07, 6.45) is 3.54. The maximum absolute atomic E-state index is 14.6. The average Bonchev–Trinajstić information content (AvgIpc) is 2.60. The van der Waals surface area contributed by atoms with Gasteiger partial charge in [0, 0.05) is 35.9 Å². The van der Waals surface area contributed by atoms with Crippen LogP contribution in [-0.4, -0.2) is 5.97 Å². The Kier molecular flexibility index (Phi) is 3.72. The number of halogens is 2. The number of rotatable bonds is 0. The van der Waals surface area contributed by atoms with Crippen molar-refractivity contribution in [3.8, 4) is 11.3 Å². The predicted molar refractivity (Wildman–Crippen MR) is 83.1 cm³/mol. The first kappa shape index (κ1) is 15.4. The summed E-state index contributed by atoms with van der Waals surface area (Å²) in [5.41, 5.74) is 1.46. The fourth-order valence-electron chi connectivity index (χ4n) is 3.02. The fourth-order valence-corrected chi connectivity index (χ4v) is 3.02. The Balaban J connectivity index is 1.99. The van der Waals surface area contributed by atoms with Crippen LogP contribution in [0, 0.1) is 11.6 Å². The summed E-state index contributed by atoms with van der Waals surface area (Å²) in [7, 11) is 0. The molecule has 1 aromatic carbocycles. The van der Waals surface area contributed by atoms with Gasteiger partial charge in [0.05, 0.1) is 5.56 Å². The lowest BCUT2D eigenvalue weighted by molar-refractivity contribution is -0.909. The van der Waals surface area contributed by atoms with Gasteiger partial charge < -0.3 is 4.74 Å². The van der Waals surface area contributed by atoms with Crippen LogP contribution in [0.4, 0.5) is 8.78 Å². The van der Waals surface area contributed by atoms with Crippen molar-refractivity contribution in [1.29, 1.82) is 0 Å². The molecule has 0 fully saturated rings. The molecule has 3 heterocycles. The first-order valence-corrected chi connectivity index (χ1v) is 7.76. The maximum atomic E-state index is 14.6. The van der Waals surface area contributed by atoms with E-state index in [1.807, 2.05) is 10.6 Å². The van der Waals surface area contributed by atoms with Crippen LogP contribution < -0.4 is 9.13 Å². The summed E-state index contributed by atoms with van der Waals surface area (Å²) >= 11 is 0. The number of pyridine rings is 2. The van der Waals surface area contributed by atoms with E-state index in [0.717, 1.165) is 6.07 Å². The number of carbonyl (C=O) groups is 1. The summed E-state index contributed by atoms with van der Waals surface area (Å²) in [5.74, 6) is -1.94. The Bertz CT molecular complexity index is 989. The van der Waals surface area contributed by atoms with E-state index >= 15 is 0 Å². The second kappa shape index (κ2) is 6.05. The van der Waals surface area contributed by atoms with E-state index in [-0.39, 0.29) is 24.4 Å². The molecule has 0 aliphatic carbocycles. The van der Waals surface area contributed by atoms with E-state index in [0.29, 0.717) is 11.4 Å². The van der Waals surface area contributed by atoms with Gasteiger partial charge in [-0.25, -0.2) is 13.6 Å². The second-order valence-electron chi connectivity index (χ2n) is 5.75. The third-order valence-corrected chi connectivity index (χ3v) is 4.15. The van der Waals surface area contributed by atoms with Crippen LogP contribution in [-0.2, 0) is 18.0 Å². The molecule has 6 heteroatoms. The molecule has 0 unspecified atom stereocenters. The molecule has 0 amide bonds. The lowest BCUT2D eigenvalue weighted by Gasteiger charge is -2.13. The quantitative estimate of drug-likeness (QED) is 0.465. The number of esters is 1.